The Morgan fingerprint density at radius 1 is 1.10 bits per heavy atom. The smallest absolute Gasteiger partial charge is 0.314 e. The van der Waals surface area contributed by atoms with Crippen molar-refractivity contribution < 1.29 is 9.00 Å². The fourth-order valence-corrected chi connectivity index (χ4v) is 5.32. The molecule has 4 saturated carbocycles. The second-order valence-electron chi connectivity index (χ2n) is 7.49. The van der Waals surface area contributed by atoms with Crippen LogP contribution in [0.1, 0.15) is 39.0 Å². The predicted octanol–water partition coefficient (Wildman–Crippen LogP) is 2.12. The number of hydrogen-bond acceptors (Lipinski definition) is 2. The molecule has 0 saturated heterocycles. The van der Waals surface area contributed by atoms with Crippen molar-refractivity contribution in [2.75, 3.05) is 19.3 Å². The van der Waals surface area contributed by atoms with Gasteiger partial charge in [0.25, 0.3) is 0 Å². The van der Waals surface area contributed by atoms with Gasteiger partial charge in [-0.3, -0.25) is 4.21 Å². The Morgan fingerprint density at radius 2 is 1.67 bits per heavy atom. The third-order valence-corrected chi connectivity index (χ3v) is 7.34. The van der Waals surface area contributed by atoms with E-state index >= 15 is 0 Å². The molecule has 4 bridgehead atoms. The Hall–Kier alpha value is -0.580. The molecule has 0 aliphatic heterocycles. The van der Waals surface area contributed by atoms with Crippen LogP contribution in [0.4, 0.5) is 4.79 Å². The number of carbonyl (C=O) groups is 1. The van der Waals surface area contributed by atoms with Crippen LogP contribution in [0.5, 0.6) is 0 Å². The molecule has 0 unspecified atom stereocenters. The summed E-state index contributed by atoms with van der Waals surface area (Å²) in [7, 11) is -0.880. The van der Waals surface area contributed by atoms with E-state index in [1.165, 1.54) is 32.1 Å². The van der Waals surface area contributed by atoms with Crippen molar-refractivity contribution >= 4 is 16.8 Å². The minimum Gasteiger partial charge on any atom is -0.338 e. The number of carbonyl (C=O) groups excluding carboxylic acids is 1. The lowest BCUT2D eigenvalue weighted by Crippen LogP contribution is -2.50. The lowest BCUT2D eigenvalue weighted by Gasteiger charge is -2.54. The summed E-state index contributed by atoms with van der Waals surface area (Å²) >= 11 is 0. The van der Waals surface area contributed by atoms with Crippen molar-refractivity contribution in [3.05, 3.63) is 0 Å². The summed E-state index contributed by atoms with van der Waals surface area (Å²) in [6.45, 7) is 3.20. The van der Waals surface area contributed by atoms with E-state index in [0.29, 0.717) is 12.5 Å². The topological polar surface area (TPSA) is 58.2 Å². The zero-order valence-electron chi connectivity index (χ0n) is 13.1. The van der Waals surface area contributed by atoms with Gasteiger partial charge in [-0.15, -0.1) is 0 Å². The van der Waals surface area contributed by atoms with Crippen LogP contribution in [0.15, 0.2) is 0 Å². The Labute approximate surface area is 130 Å². The molecule has 0 aromatic carbocycles. The number of amides is 2. The summed E-state index contributed by atoms with van der Waals surface area (Å²) in [5, 5.41) is 5.91. The average molecular weight is 312 g/mol. The molecule has 0 aromatic rings. The molecule has 4 rings (SSSR count). The highest BCUT2D eigenvalue weighted by Crippen LogP contribution is 2.56. The van der Waals surface area contributed by atoms with Crippen molar-refractivity contribution in [3.8, 4) is 0 Å². The molecule has 0 radical (unpaired) electrons. The van der Waals surface area contributed by atoms with Gasteiger partial charge in [0.1, 0.15) is 0 Å². The highest BCUT2D eigenvalue weighted by atomic mass is 32.2. The molecule has 2 amide bonds. The van der Waals surface area contributed by atoms with E-state index in [4.69, 9.17) is 0 Å². The number of hydrogen-bond donors (Lipinski definition) is 2. The van der Waals surface area contributed by atoms with Gasteiger partial charge < -0.3 is 10.6 Å². The molecule has 5 heteroatoms. The summed E-state index contributed by atoms with van der Waals surface area (Å²) in [6.07, 6.45) is 8.73. The Kier molecular flexibility index (Phi) is 4.57. The van der Waals surface area contributed by atoms with Crippen LogP contribution in [0, 0.1) is 29.6 Å². The second kappa shape index (κ2) is 6.27. The van der Waals surface area contributed by atoms with Crippen molar-refractivity contribution in [2.45, 2.75) is 44.3 Å². The molecule has 0 heterocycles. The standard InChI is InChI=1S/C16H28N2O2S/c1-10(21(2)20)8-17-16(19)18-9-15-13-4-11-3-12(6-13)7-14(15)5-11/h10-15H,3-9H2,1-2H3,(H2,17,18,19)/t10-,11?,12?,13?,14?,15?,21-/m1/s1. The lowest BCUT2D eigenvalue weighted by molar-refractivity contribution is -0.0343. The third-order valence-electron chi connectivity index (χ3n) is 6.04. The molecule has 4 aliphatic rings. The molecule has 4 fully saturated rings. The summed E-state index contributed by atoms with van der Waals surface area (Å²) in [6, 6.07) is -0.0962. The SMILES string of the molecule is C[C@H](CNC(=O)NCC1C2CC3CC(C2)CC1C3)[S@@](C)=O. The van der Waals surface area contributed by atoms with Crippen LogP contribution in [0.3, 0.4) is 0 Å². The fourth-order valence-electron chi connectivity index (χ4n) is 5.00. The minimum absolute atomic E-state index is 0.0110. The maximum Gasteiger partial charge on any atom is 0.314 e. The molecule has 0 spiro atoms. The minimum atomic E-state index is -0.880. The van der Waals surface area contributed by atoms with E-state index in [0.717, 1.165) is 30.2 Å². The monoisotopic (exact) mass is 312 g/mol. The van der Waals surface area contributed by atoms with Crippen molar-refractivity contribution in [1.82, 2.24) is 10.6 Å². The number of nitrogens with one attached hydrogen (secondary N) is 2. The van der Waals surface area contributed by atoms with E-state index in [2.05, 4.69) is 10.6 Å². The number of rotatable bonds is 5. The summed E-state index contributed by atoms with van der Waals surface area (Å²) < 4.78 is 11.3. The van der Waals surface area contributed by atoms with Crippen LogP contribution >= 0.6 is 0 Å². The Bertz CT molecular complexity index is 399. The molecular weight excluding hydrogens is 284 g/mol. The number of urea groups is 1. The first-order valence-electron chi connectivity index (χ1n) is 8.36. The average Bonchev–Trinajstić information content (AvgIpc) is 2.43. The predicted molar refractivity (Wildman–Crippen MR) is 85.5 cm³/mol. The van der Waals surface area contributed by atoms with E-state index in [9.17, 15) is 9.00 Å². The van der Waals surface area contributed by atoms with E-state index in [-0.39, 0.29) is 11.3 Å². The van der Waals surface area contributed by atoms with Gasteiger partial charge in [-0.25, -0.2) is 4.79 Å². The van der Waals surface area contributed by atoms with Gasteiger partial charge in [-0.2, -0.15) is 0 Å². The normalized spacial score (nSPS) is 39.8. The molecule has 120 valence electrons. The first-order valence-corrected chi connectivity index (χ1v) is 9.99. The van der Waals surface area contributed by atoms with Gasteiger partial charge in [0.2, 0.25) is 0 Å². The molecule has 0 aromatic heterocycles. The third kappa shape index (κ3) is 3.43. The van der Waals surface area contributed by atoms with Crippen molar-refractivity contribution in [1.29, 1.82) is 0 Å². The van der Waals surface area contributed by atoms with Crippen molar-refractivity contribution in [2.24, 2.45) is 29.6 Å². The lowest BCUT2D eigenvalue weighted by atomic mass is 9.52. The fraction of sp³-hybridized carbons (Fsp3) is 0.938. The first-order chi connectivity index (χ1) is 10.0. The molecule has 2 N–H and O–H groups in total. The zero-order chi connectivity index (χ0) is 15.0. The van der Waals surface area contributed by atoms with Gasteiger partial charge in [-0.05, 0) is 68.6 Å². The maximum atomic E-state index is 11.9. The van der Waals surface area contributed by atoms with E-state index in [1.807, 2.05) is 6.92 Å². The van der Waals surface area contributed by atoms with Gasteiger partial charge >= 0.3 is 6.03 Å². The quantitative estimate of drug-likeness (QED) is 0.817. The first kappa shape index (κ1) is 15.3. The maximum absolute atomic E-state index is 11.9. The Morgan fingerprint density at radius 3 is 2.19 bits per heavy atom. The van der Waals surface area contributed by atoms with Crippen LogP contribution in [-0.2, 0) is 10.8 Å². The van der Waals surface area contributed by atoms with Crippen LogP contribution < -0.4 is 10.6 Å². The zero-order valence-corrected chi connectivity index (χ0v) is 14.0. The highest BCUT2D eigenvalue weighted by Gasteiger charge is 2.47. The molecule has 4 aliphatic carbocycles. The van der Waals surface area contributed by atoms with Crippen LogP contribution in [0.2, 0.25) is 0 Å². The molecule has 4 nitrogen and oxygen atoms in total. The van der Waals surface area contributed by atoms with Gasteiger partial charge in [0.15, 0.2) is 0 Å². The summed E-state index contributed by atoms with van der Waals surface area (Å²) in [4.78, 5) is 11.9. The van der Waals surface area contributed by atoms with Crippen LogP contribution in [-0.4, -0.2) is 34.8 Å². The Balaban J connectivity index is 1.43. The summed E-state index contributed by atoms with van der Waals surface area (Å²) in [5.74, 6) is 4.37. The largest absolute Gasteiger partial charge is 0.338 e. The van der Waals surface area contributed by atoms with Crippen LogP contribution in [0.25, 0.3) is 0 Å². The van der Waals surface area contributed by atoms with Gasteiger partial charge in [-0.1, -0.05) is 0 Å². The van der Waals surface area contributed by atoms with E-state index in [1.54, 1.807) is 6.26 Å². The molecule has 2 atom stereocenters. The molecular formula is C16H28N2O2S. The second-order valence-corrected chi connectivity index (χ2v) is 9.30. The van der Waals surface area contributed by atoms with Gasteiger partial charge in [0.05, 0.1) is 0 Å². The summed E-state index contributed by atoms with van der Waals surface area (Å²) in [5.41, 5.74) is 0. The highest BCUT2D eigenvalue weighted by molar-refractivity contribution is 7.84. The van der Waals surface area contributed by atoms with E-state index < -0.39 is 10.8 Å². The molecule has 21 heavy (non-hydrogen) atoms. The van der Waals surface area contributed by atoms with Gasteiger partial charge in [0, 0.05) is 35.4 Å². The van der Waals surface area contributed by atoms with Crippen molar-refractivity contribution in [3.63, 3.8) is 0 Å².